The molecule has 8 heteroatoms. The van der Waals surface area contributed by atoms with Gasteiger partial charge in [-0.15, -0.1) is 0 Å². The zero-order valence-corrected chi connectivity index (χ0v) is 18.8. The lowest BCUT2D eigenvalue weighted by atomic mass is 9.85. The molecule has 2 aromatic rings. The largest absolute Gasteiger partial charge is 0.481 e. The normalized spacial score (nSPS) is 19.5. The quantitative estimate of drug-likeness (QED) is 0.698. The van der Waals surface area contributed by atoms with Gasteiger partial charge in [0.15, 0.2) is 0 Å². The van der Waals surface area contributed by atoms with E-state index in [1.165, 1.54) is 4.90 Å². The second-order valence-corrected chi connectivity index (χ2v) is 9.59. The molecular formula is C23H32N4O4. The van der Waals surface area contributed by atoms with Crippen LogP contribution in [0.15, 0.2) is 24.5 Å². The number of hydrogen-bond acceptors (Lipinski definition) is 6. The van der Waals surface area contributed by atoms with Crippen molar-refractivity contribution in [2.75, 3.05) is 31.6 Å². The van der Waals surface area contributed by atoms with Gasteiger partial charge in [-0.1, -0.05) is 13.8 Å². The van der Waals surface area contributed by atoms with Crippen molar-refractivity contribution in [1.82, 2.24) is 14.9 Å². The van der Waals surface area contributed by atoms with Gasteiger partial charge >= 0.3 is 5.97 Å². The lowest BCUT2D eigenvalue weighted by Gasteiger charge is -2.42. The van der Waals surface area contributed by atoms with Gasteiger partial charge in [-0.25, -0.2) is 0 Å². The van der Waals surface area contributed by atoms with E-state index in [2.05, 4.69) is 14.9 Å². The van der Waals surface area contributed by atoms with Crippen molar-refractivity contribution in [1.29, 1.82) is 0 Å². The third-order valence-corrected chi connectivity index (χ3v) is 5.83. The first-order valence-electron chi connectivity index (χ1n) is 10.6. The second kappa shape index (κ2) is 8.78. The summed E-state index contributed by atoms with van der Waals surface area (Å²) in [6, 6.07) is 3.90. The minimum atomic E-state index is -1.05. The van der Waals surface area contributed by atoms with Crippen molar-refractivity contribution in [3.05, 3.63) is 30.2 Å². The van der Waals surface area contributed by atoms with Gasteiger partial charge in [-0.3, -0.25) is 19.6 Å². The molecule has 1 saturated heterocycles. The maximum Gasteiger partial charge on any atom is 0.303 e. The summed E-state index contributed by atoms with van der Waals surface area (Å²) < 4.78 is 0. The Bertz CT molecular complexity index is 977. The number of amides is 1. The van der Waals surface area contributed by atoms with E-state index < -0.39 is 17.0 Å². The van der Waals surface area contributed by atoms with E-state index in [0.29, 0.717) is 13.0 Å². The number of piperidine rings is 1. The number of rotatable bonds is 7. The standard InChI is InChI=1S/C23H32N4O4/c1-16-10-19(17-13-24-8-6-18(17)25-16)27-9-5-7-23(31,15-27)14-26(4)20(28)11-22(2,3)12-21(29)30/h6,8,10,13,31H,5,7,9,11-12,14-15H2,1-4H3,(H,29,30). The molecule has 1 aliphatic heterocycles. The Balaban J connectivity index is 1.74. The SMILES string of the molecule is Cc1cc(N2CCCC(O)(CN(C)C(=O)CC(C)(C)CC(=O)O)C2)c2cnccc2n1. The van der Waals surface area contributed by atoms with Gasteiger partial charge in [0.05, 0.1) is 24.1 Å². The highest BCUT2D eigenvalue weighted by Gasteiger charge is 2.37. The Hall–Kier alpha value is -2.74. The Morgan fingerprint density at radius 1 is 1.32 bits per heavy atom. The molecule has 1 atom stereocenters. The molecule has 2 aromatic heterocycles. The van der Waals surface area contributed by atoms with Crippen molar-refractivity contribution in [3.8, 4) is 0 Å². The van der Waals surface area contributed by atoms with Crippen molar-refractivity contribution in [2.45, 2.75) is 52.1 Å². The lowest BCUT2D eigenvalue weighted by Crippen LogP contribution is -2.55. The van der Waals surface area contributed by atoms with Crippen molar-refractivity contribution in [3.63, 3.8) is 0 Å². The number of β-amino-alcohol motifs (C(OH)–C–C–N with tert-alkyl or cyclic N) is 1. The van der Waals surface area contributed by atoms with Gasteiger partial charge in [0.2, 0.25) is 5.91 Å². The van der Waals surface area contributed by atoms with Gasteiger partial charge in [0.25, 0.3) is 0 Å². The number of fused-ring (bicyclic) bond motifs is 1. The summed E-state index contributed by atoms with van der Waals surface area (Å²) in [5.41, 5.74) is 1.07. The highest BCUT2D eigenvalue weighted by atomic mass is 16.4. The highest BCUT2D eigenvalue weighted by molar-refractivity contribution is 5.91. The summed E-state index contributed by atoms with van der Waals surface area (Å²) in [4.78, 5) is 36.2. The first kappa shape index (κ1) is 22.9. The van der Waals surface area contributed by atoms with Gasteiger partial charge in [0, 0.05) is 55.7 Å². The maximum atomic E-state index is 12.7. The number of aromatic nitrogens is 2. The topological polar surface area (TPSA) is 107 Å². The summed E-state index contributed by atoms with van der Waals surface area (Å²) in [7, 11) is 1.67. The molecule has 168 valence electrons. The first-order valence-corrected chi connectivity index (χ1v) is 10.6. The third kappa shape index (κ3) is 5.70. The molecule has 31 heavy (non-hydrogen) atoms. The predicted molar refractivity (Wildman–Crippen MR) is 119 cm³/mol. The highest BCUT2D eigenvalue weighted by Crippen LogP contribution is 2.32. The number of carbonyl (C=O) groups excluding carboxylic acids is 1. The molecule has 1 fully saturated rings. The van der Waals surface area contributed by atoms with Crippen molar-refractivity contribution < 1.29 is 19.8 Å². The van der Waals surface area contributed by atoms with E-state index in [9.17, 15) is 14.7 Å². The molecule has 1 aliphatic rings. The number of aliphatic carboxylic acids is 1. The molecule has 0 saturated carbocycles. The van der Waals surface area contributed by atoms with Crippen LogP contribution in [0.1, 0.15) is 45.2 Å². The molecular weight excluding hydrogens is 396 g/mol. The van der Waals surface area contributed by atoms with Crippen LogP contribution in [0.4, 0.5) is 5.69 Å². The number of carboxylic acid groups (broad SMARTS) is 1. The van der Waals surface area contributed by atoms with E-state index in [1.807, 2.05) is 19.1 Å². The molecule has 0 spiro atoms. The van der Waals surface area contributed by atoms with Crippen LogP contribution in [0.2, 0.25) is 0 Å². The summed E-state index contributed by atoms with van der Waals surface area (Å²) >= 11 is 0. The maximum absolute atomic E-state index is 12.7. The smallest absolute Gasteiger partial charge is 0.303 e. The number of carbonyl (C=O) groups is 2. The number of aliphatic hydroxyl groups is 1. The number of likely N-dealkylation sites (N-methyl/N-ethyl adjacent to an activating group) is 1. The van der Waals surface area contributed by atoms with E-state index in [1.54, 1.807) is 33.3 Å². The average molecular weight is 429 g/mol. The lowest BCUT2D eigenvalue weighted by molar-refractivity contribution is -0.141. The van der Waals surface area contributed by atoms with Crippen LogP contribution in [0, 0.1) is 12.3 Å². The monoisotopic (exact) mass is 428 g/mol. The first-order chi connectivity index (χ1) is 14.5. The predicted octanol–water partition coefficient (Wildman–Crippen LogP) is 2.62. The molecule has 0 radical (unpaired) electrons. The number of aryl methyl sites for hydroxylation is 1. The molecule has 0 bridgehead atoms. The summed E-state index contributed by atoms with van der Waals surface area (Å²) in [6.45, 7) is 6.90. The zero-order valence-electron chi connectivity index (χ0n) is 18.8. The van der Waals surface area contributed by atoms with E-state index in [4.69, 9.17) is 5.11 Å². The fraction of sp³-hybridized carbons (Fsp3) is 0.565. The van der Waals surface area contributed by atoms with Crippen LogP contribution in [-0.4, -0.2) is 69.2 Å². The van der Waals surface area contributed by atoms with Gasteiger partial charge in [0.1, 0.15) is 0 Å². The number of nitrogens with zero attached hydrogens (tertiary/aromatic N) is 4. The molecule has 1 amide bonds. The molecule has 2 N–H and O–H groups in total. The van der Waals surface area contributed by atoms with E-state index in [-0.39, 0.29) is 25.3 Å². The Labute approximate surface area is 182 Å². The van der Waals surface area contributed by atoms with Gasteiger partial charge in [-0.05, 0) is 37.3 Å². The van der Waals surface area contributed by atoms with Crippen LogP contribution in [0.25, 0.3) is 10.9 Å². The number of pyridine rings is 2. The molecule has 0 aromatic carbocycles. The Morgan fingerprint density at radius 2 is 2.06 bits per heavy atom. The molecule has 3 rings (SSSR count). The van der Waals surface area contributed by atoms with Crippen LogP contribution in [0.5, 0.6) is 0 Å². The molecule has 8 nitrogen and oxygen atoms in total. The number of hydrogen-bond donors (Lipinski definition) is 2. The van der Waals surface area contributed by atoms with Crippen LogP contribution < -0.4 is 4.90 Å². The fourth-order valence-corrected chi connectivity index (χ4v) is 4.43. The number of carboxylic acids is 1. The third-order valence-electron chi connectivity index (χ3n) is 5.83. The van der Waals surface area contributed by atoms with Crippen LogP contribution in [-0.2, 0) is 9.59 Å². The van der Waals surface area contributed by atoms with Gasteiger partial charge < -0.3 is 20.0 Å². The minimum absolute atomic E-state index is 0.0763. The fourth-order valence-electron chi connectivity index (χ4n) is 4.43. The molecule has 0 aliphatic carbocycles. The van der Waals surface area contributed by atoms with E-state index >= 15 is 0 Å². The summed E-state index contributed by atoms with van der Waals surface area (Å²) in [5.74, 6) is -1.08. The van der Waals surface area contributed by atoms with Crippen LogP contribution >= 0.6 is 0 Å². The van der Waals surface area contributed by atoms with Crippen molar-refractivity contribution in [2.24, 2.45) is 5.41 Å². The zero-order chi connectivity index (χ0) is 22.8. The average Bonchev–Trinajstić information content (AvgIpc) is 2.65. The Morgan fingerprint density at radius 3 is 2.77 bits per heavy atom. The van der Waals surface area contributed by atoms with Crippen LogP contribution in [0.3, 0.4) is 0 Å². The summed E-state index contributed by atoms with van der Waals surface area (Å²) in [6.07, 6.45) is 4.96. The summed E-state index contributed by atoms with van der Waals surface area (Å²) in [5, 5.41) is 21.3. The number of anilines is 1. The van der Waals surface area contributed by atoms with Crippen molar-refractivity contribution >= 4 is 28.5 Å². The van der Waals surface area contributed by atoms with Gasteiger partial charge in [-0.2, -0.15) is 0 Å². The van der Waals surface area contributed by atoms with E-state index in [0.717, 1.165) is 35.2 Å². The minimum Gasteiger partial charge on any atom is -0.481 e. The molecule has 1 unspecified atom stereocenters. The Kier molecular flexibility index (Phi) is 6.50. The second-order valence-electron chi connectivity index (χ2n) is 9.59. The molecule has 3 heterocycles.